The monoisotopic (exact) mass is 291 g/mol. The van der Waals surface area contributed by atoms with Gasteiger partial charge in [-0.05, 0) is 25.5 Å². The maximum Gasteiger partial charge on any atom is 0.266 e. The molecule has 1 heterocycles. The first-order chi connectivity index (χ1) is 9.69. The van der Waals surface area contributed by atoms with E-state index in [1.165, 1.54) is 11.3 Å². The Bertz CT molecular complexity index is 557. The number of nitrogens with one attached hydrogen (secondary N) is 1. The van der Waals surface area contributed by atoms with E-state index in [-0.39, 0.29) is 5.91 Å². The van der Waals surface area contributed by atoms with Crippen molar-refractivity contribution in [2.45, 2.75) is 32.8 Å². The van der Waals surface area contributed by atoms with Crippen LogP contribution < -0.4 is 10.1 Å². The van der Waals surface area contributed by atoms with Gasteiger partial charge >= 0.3 is 0 Å². The molecule has 1 atom stereocenters. The van der Waals surface area contributed by atoms with Crippen LogP contribution in [0.15, 0.2) is 30.3 Å². The third-order valence-corrected chi connectivity index (χ3v) is 3.48. The van der Waals surface area contributed by atoms with Crippen LogP contribution >= 0.6 is 11.3 Å². The molecule has 0 spiro atoms. The summed E-state index contributed by atoms with van der Waals surface area (Å²) in [6.45, 7) is 3.78. The average Bonchev–Trinajstić information content (AvgIpc) is 2.87. The van der Waals surface area contributed by atoms with Crippen molar-refractivity contribution >= 4 is 22.4 Å². The predicted octanol–water partition coefficient (Wildman–Crippen LogP) is 2.90. The Balaban J connectivity index is 1.90. The van der Waals surface area contributed by atoms with E-state index in [1.54, 1.807) is 6.92 Å². The Morgan fingerprint density at radius 2 is 2.10 bits per heavy atom. The highest BCUT2D eigenvalue weighted by molar-refractivity contribution is 7.15. The second-order valence-electron chi connectivity index (χ2n) is 4.31. The molecular formula is C14H17N3O2S. The van der Waals surface area contributed by atoms with Crippen LogP contribution in [0.2, 0.25) is 0 Å². The summed E-state index contributed by atoms with van der Waals surface area (Å²) in [6.07, 6.45) is 1.30. The van der Waals surface area contributed by atoms with Crippen molar-refractivity contribution < 1.29 is 9.53 Å². The van der Waals surface area contributed by atoms with Gasteiger partial charge in [-0.3, -0.25) is 10.1 Å². The number of carbonyl (C=O) groups is 1. The van der Waals surface area contributed by atoms with Gasteiger partial charge < -0.3 is 4.74 Å². The summed E-state index contributed by atoms with van der Waals surface area (Å²) in [6, 6.07) is 9.25. The number of aryl methyl sites for hydroxylation is 1. The zero-order chi connectivity index (χ0) is 14.4. The minimum atomic E-state index is -0.587. The van der Waals surface area contributed by atoms with Crippen LogP contribution in [0, 0.1) is 0 Å². The highest BCUT2D eigenvalue weighted by Crippen LogP contribution is 2.17. The van der Waals surface area contributed by atoms with Gasteiger partial charge in [0.05, 0.1) is 0 Å². The van der Waals surface area contributed by atoms with E-state index >= 15 is 0 Å². The molecular weight excluding hydrogens is 274 g/mol. The molecule has 0 saturated carbocycles. The van der Waals surface area contributed by atoms with Crippen molar-refractivity contribution in [2.24, 2.45) is 0 Å². The number of rotatable bonds is 6. The Morgan fingerprint density at radius 3 is 2.80 bits per heavy atom. The third kappa shape index (κ3) is 4.03. The van der Waals surface area contributed by atoms with Gasteiger partial charge in [0.2, 0.25) is 5.13 Å². The summed E-state index contributed by atoms with van der Waals surface area (Å²) in [5, 5.41) is 12.1. The minimum absolute atomic E-state index is 0.229. The molecule has 5 nitrogen and oxygen atoms in total. The van der Waals surface area contributed by atoms with Crippen molar-refractivity contribution in [3.8, 4) is 5.75 Å². The number of anilines is 1. The topological polar surface area (TPSA) is 64.1 Å². The summed E-state index contributed by atoms with van der Waals surface area (Å²) in [5.74, 6) is 0.437. The van der Waals surface area contributed by atoms with Crippen molar-refractivity contribution in [2.75, 3.05) is 5.32 Å². The molecule has 1 amide bonds. The number of hydrogen-bond donors (Lipinski definition) is 1. The lowest BCUT2D eigenvalue weighted by Crippen LogP contribution is -2.30. The Labute approximate surface area is 122 Å². The average molecular weight is 291 g/mol. The minimum Gasteiger partial charge on any atom is -0.481 e. The smallest absolute Gasteiger partial charge is 0.266 e. The van der Waals surface area contributed by atoms with E-state index in [4.69, 9.17) is 4.74 Å². The fourth-order valence-electron chi connectivity index (χ4n) is 1.58. The first-order valence-corrected chi connectivity index (χ1v) is 7.35. The number of nitrogens with zero attached hydrogens (tertiary/aromatic N) is 2. The molecule has 0 aliphatic carbocycles. The van der Waals surface area contributed by atoms with Gasteiger partial charge in [0.15, 0.2) is 6.10 Å². The standard InChI is InChI=1S/C14H17N3O2S/c1-3-7-12-16-17-14(20-12)15-13(18)10(2)19-11-8-5-4-6-9-11/h4-6,8-10H,3,7H2,1-2H3,(H,15,17,18)/t10-/m1/s1. The van der Waals surface area contributed by atoms with Gasteiger partial charge in [0, 0.05) is 6.42 Å². The summed E-state index contributed by atoms with van der Waals surface area (Å²) < 4.78 is 5.55. The van der Waals surface area contributed by atoms with Gasteiger partial charge in [-0.25, -0.2) is 0 Å². The number of hydrogen-bond acceptors (Lipinski definition) is 5. The van der Waals surface area contributed by atoms with Gasteiger partial charge in [-0.2, -0.15) is 0 Å². The molecule has 1 aromatic heterocycles. The highest BCUT2D eigenvalue weighted by atomic mass is 32.1. The highest BCUT2D eigenvalue weighted by Gasteiger charge is 2.16. The molecule has 1 aromatic carbocycles. The van der Waals surface area contributed by atoms with Gasteiger partial charge in [0.1, 0.15) is 10.8 Å². The molecule has 0 unspecified atom stereocenters. The second-order valence-corrected chi connectivity index (χ2v) is 5.38. The number of ether oxygens (including phenoxy) is 1. The second kappa shape index (κ2) is 7.00. The molecule has 0 radical (unpaired) electrons. The Morgan fingerprint density at radius 1 is 1.35 bits per heavy atom. The van der Waals surface area contributed by atoms with Crippen LogP contribution in [0.5, 0.6) is 5.75 Å². The molecule has 1 N–H and O–H groups in total. The molecule has 0 fully saturated rings. The van der Waals surface area contributed by atoms with Crippen LogP contribution in [-0.4, -0.2) is 22.2 Å². The number of carbonyl (C=O) groups excluding carboxylic acids is 1. The Hall–Kier alpha value is -1.95. The van der Waals surface area contributed by atoms with Gasteiger partial charge in [0.25, 0.3) is 5.91 Å². The van der Waals surface area contributed by atoms with E-state index in [2.05, 4.69) is 22.4 Å². The maximum absolute atomic E-state index is 12.0. The molecule has 2 rings (SSSR count). The van der Waals surface area contributed by atoms with Crippen LogP contribution in [0.4, 0.5) is 5.13 Å². The molecule has 20 heavy (non-hydrogen) atoms. The number of aromatic nitrogens is 2. The van der Waals surface area contributed by atoms with E-state index in [0.717, 1.165) is 17.8 Å². The lowest BCUT2D eigenvalue weighted by Gasteiger charge is -2.13. The van der Waals surface area contributed by atoms with E-state index in [9.17, 15) is 4.79 Å². The van der Waals surface area contributed by atoms with Crippen molar-refractivity contribution in [3.63, 3.8) is 0 Å². The third-order valence-electron chi connectivity index (χ3n) is 2.59. The summed E-state index contributed by atoms with van der Waals surface area (Å²) in [4.78, 5) is 12.0. The van der Waals surface area contributed by atoms with Crippen LogP contribution in [-0.2, 0) is 11.2 Å². The Kier molecular flexibility index (Phi) is 5.06. The zero-order valence-corrected chi connectivity index (χ0v) is 12.3. The molecule has 0 saturated heterocycles. The SMILES string of the molecule is CCCc1nnc(NC(=O)[C@@H](C)Oc2ccccc2)s1. The first kappa shape index (κ1) is 14.5. The molecule has 6 heteroatoms. The molecule has 0 aliphatic heterocycles. The summed E-state index contributed by atoms with van der Waals surface area (Å²) in [5.41, 5.74) is 0. The van der Waals surface area contributed by atoms with Crippen molar-refractivity contribution in [1.29, 1.82) is 0 Å². The maximum atomic E-state index is 12.0. The number of para-hydroxylation sites is 1. The van der Waals surface area contributed by atoms with Crippen LogP contribution in [0.25, 0.3) is 0 Å². The molecule has 2 aromatic rings. The van der Waals surface area contributed by atoms with E-state index < -0.39 is 6.10 Å². The van der Waals surface area contributed by atoms with Crippen molar-refractivity contribution in [1.82, 2.24) is 10.2 Å². The fraction of sp³-hybridized carbons (Fsp3) is 0.357. The fourth-order valence-corrected chi connectivity index (χ4v) is 2.43. The van der Waals surface area contributed by atoms with E-state index in [0.29, 0.717) is 10.9 Å². The molecule has 0 bridgehead atoms. The lowest BCUT2D eigenvalue weighted by atomic mass is 10.3. The van der Waals surface area contributed by atoms with Crippen molar-refractivity contribution in [3.05, 3.63) is 35.3 Å². The summed E-state index contributed by atoms with van der Waals surface area (Å²) in [7, 11) is 0. The molecule has 106 valence electrons. The molecule has 0 aliphatic rings. The number of amides is 1. The van der Waals surface area contributed by atoms with Gasteiger partial charge in [-0.15, -0.1) is 10.2 Å². The zero-order valence-electron chi connectivity index (χ0n) is 11.5. The van der Waals surface area contributed by atoms with Crippen LogP contribution in [0.1, 0.15) is 25.3 Å². The predicted molar refractivity (Wildman–Crippen MR) is 79.1 cm³/mol. The normalized spacial score (nSPS) is 11.9. The number of benzene rings is 1. The van der Waals surface area contributed by atoms with Gasteiger partial charge in [-0.1, -0.05) is 36.5 Å². The quantitative estimate of drug-likeness (QED) is 0.889. The lowest BCUT2D eigenvalue weighted by molar-refractivity contribution is -0.122. The van der Waals surface area contributed by atoms with Crippen LogP contribution in [0.3, 0.4) is 0 Å². The summed E-state index contributed by atoms with van der Waals surface area (Å²) >= 11 is 1.40. The first-order valence-electron chi connectivity index (χ1n) is 6.54. The van der Waals surface area contributed by atoms with E-state index in [1.807, 2.05) is 30.3 Å². The largest absolute Gasteiger partial charge is 0.481 e.